The number of hydrogen-bond donors (Lipinski definition) is 1. The van der Waals surface area contributed by atoms with E-state index in [-0.39, 0.29) is 6.04 Å². The topological polar surface area (TPSA) is 25.2 Å². The molecule has 2 rings (SSSR count). The van der Waals surface area contributed by atoms with Crippen LogP contribution in [0.1, 0.15) is 28.5 Å². The summed E-state index contributed by atoms with van der Waals surface area (Å²) in [5, 5.41) is 3.32. The van der Waals surface area contributed by atoms with Gasteiger partial charge in [-0.1, -0.05) is 29.8 Å². The highest BCUT2D eigenvalue weighted by molar-refractivity contribution is 5.34. The summed E-state index contributed by atoms with van der Waals surface area (Å²) < 4.78 is 5.35. The maximum atomic E-state index is 5.35. The van der Waals surface area contributed by atoms with E-state index < -0.39 is 0 Å². The van der Waals surface area contributed by atoms with Crippen molar-refractivity contribution in [2.45, 2.75) is 19.9 Å². The van der Waals surface area contributed by atoms with E-state index in [1.54, 1.807) is 6.26 Å². The van der Waals surface area contributed by atoms with Gasteiger partial charge in [-0.3, -0.25) is 0 Å². The van der Waals surface area contributed by atoms with Gasteiger partial charge in [-0.2, -0.15) is 0 Å². The third-order valence-electron chi connectivity index (χ3n) is 2.91. The average Bonchev–Trinajstić information content (AvgIpc) is 2.69. The van der Waals surface area contributed by atoms with Gasteiger partial charge in [0.15, 0.2) is 0 Å². The molecule has 2 heteroatoms. The highest BCUT2D eigenvalue weighted by Gasteiger charge is 2.15. The van der Waals surface area contributed by atoms with Crippen LogP contribution < -0.4 is 5.32 Å². The van der Waals surface area contributed by atoms with Crippen molar-refractivity contribution in [2.24, 2.45) is 0 Å². The van der Waals surface area contributed by atoms with Crippen molar-refractivity contribution in [2.75, 3.05) is 7.05 Å². The van der Waals surface area contributed by atoms with Gasteiger partial charge in [0.2, 0.25) is 0 Å². The minimum atomic E-state index is 0.208. The Morgan fingerprint density at radius 2 is 1.75 bits per heavy atom. The zero-order valence-electron chi connectivity index (χ0n) is 9.95. The molecule has 0 aliphatic rings. The Bertz CT molecular complexity index is 456. The molecule has 0 fully saturated rings. The summed E-state index contributed by atoms with van der Waals surface area (Å²) in [7, 11) is 1.97. The van der Waals surface area contributed by atoms with Crippen LogP contribution in [-0.4, -0.2) is 7.05 Å². The summed E-state index contributed by atoms with van der Waals surface area (Å²) in [5.41, 5.74) is 3.74. The summed E-state index contributed by atoms with van der Waals surface area (Å²) in [6.07, 6.45) is 1.74. The molecule has 2 nitrogen and oxygen atoms in total. The molecule has 0 amide bonds. The molecular weight excluding hydrogens is 198 g/mol. The Hall–Kier alpha value is -1.54. The van der Waals surface area contributed by atoms with Crippen molar-refractivity contribution in [1.82, 2.24) is 5.32 Å². The van der Waals surface area contributed by atoms with Gasteiger partial charge in [-0.15, -0.1) is 0 Å². The van der Waals surface area contributed by atoms with Crippen LogP contribution in [-0.2, 0) is 0 Å². The SMILES string of the molecule is CNC(c1ccc(C)cc1)c1ccoc1C. The Balaban J connectivity index is 2.37. The van der Waals surface area contributed by atoms with Crippen LogP contribution in [0, 0.1) is 13.8 Å². The number of hydrogen-bond acceptors (Lipinski definition) is 2. The standard InChI is InChI=1S/C14H17NO/c1-10-4-6-12(7-5-10)14(15-3)13-8-9-16-11(13)2/h4-9,14-15H,1-3H3. The van der Waals surface area contributed by atoms with Gasteiger partial charge in [0.25, 0.3) is 0 Å². The highest BCUT2D eigenvalue weighted by Crippen LogP contribution is 2.25. The van der Waals surface area contributed by atoms with Crippen molar-refractivity contribution in [3.8, 4) is 0 Å². The third kappa shape index (κ3) is 2.02. The zero-order chi connectivity index (χ0) is 11.5. The number of benzene rings is 1. The molecule has 0 bridgehead atoms. The molecule has 1 N–H and O–H groups in total. The summed E-state index contributed by atoms with van der Waals surface area (Å²) in [5.74, 6) is 0.972. The molecule has 2 aromatic rings. The molecule has 0 saturated heterocycles. The van der Waals surface area contributed by atoms with Crippen molar-refractivity contribution >= 4 is 0 Å². The molecule has 16 heavy (non-hydrogen) atoms. The Morgan fingerprint density at radius 3 is 2.25 bits per heavy atom. The lowest BCUT2D eigenvalue weighted by molar-refractivity contribution is 0.523. The first kappa shape index (κ1) is 11.0. The maximum Gasteiger partial charge on any atom is 0.105 e. The van der Waals surface area contributed by atoms with E-state index in [0.29, 0.717) is 0 Å². The van der Waals surface area contributed by atoms with E-state index in [1.807, 2.05) is 20.0 Å². The van der Waals surface area contributed by atoms with E-state index in [2.05, 4.69) is 36.5 Å². The second-order valence-corrected chi connectivity index (χ2v) is 4.06. The Labute approximate surface area is 96.3 Å². The van der Waals surface area contributed by atoms with Gasteiger partial charge in [0.05, 0.1) is 12.3 Å². The van der Waals surface area contributed by atoms with Crippen LogP contribution in [0.15, 0.2) is 41.0 Å². The first-order valence-corrected chi connectivity index (χ1v) is 5.50. The van der Waals surface area contributed by atoms with Crippen LogP contribution in [0.4, 0.5) is 0 Å². The molecule has 1 aromatic heterocycles. The number of nitrogens with one attached hydrogen (secondary N) is 1. The average molecular weight is 215 g/mol. The van der Waals surface area contributed by atoms with Crippen molar-refractivity contribution in [3.63, 3.8) is 0 Å². The van der Waals surface area contributed by atoms with Gasteiger partial charge in [-0.25, -0.2) is 0 Å². The first-order valence-electron chi connectivity index (χ1n) is 5.50. The van der Waals surface area contributed by atoms with Gasteiger partial charge in [0, 0.05) is 5.56 Å². The van der Waals surface area contributed by atoms with Crippen LogP contribution in [0.5, 0.6) is 0 Å². The van der Waals surface area contributed by atoms with Crippen molar-refractivity contribution in [1.29, 1.82) is 0 Å². The lowest BCUT2D eigenvalue weighted by Gasteiger charge is -2.16. The fraction of sp³-hybridized carbons (Fsp3) is 0.286. The lowest BCUT2D eigenvalue weighted by atomic mass is 9.98. The van der Waals surface area contributed by atoms with Crippen LogP contribution in [0.3, 0.4) is 0 Å². The molecule has 1 unspecified atom stereocenters. The molecule has 1 heterocycles. The fourth-order valence-corrected chi connectivity index (χ4v) is 1.95. The zero-order valence-corrected chi connectivity index (χ0v) is 9.95. The van der Waals surface area contributed by atoms with Gasteiger partial charge < -0.3 is 9.73 Å². The molecule has 1 aromatic carbocycles. The Kier molecular flexibility index (Phi) is 3.11. The minimum absolute atomic E-state index is 0.208. The fourth-order valence-electron chi connectivity index (χ4n) is 1.95. The van der Waals surface area contributed by atoms with Gasteiger partial charge >= 0.3 is 0 Å². The van der Waals surface area contributed by atoms with Crippen molar-refractivity contribution < 1.29 is 4.42 Å². The van der Waals surface area contributed by atoms with Crippen LogP contribution in [0.2, 0.25) is 0 Å². The second-order valence-electron chi connectivity index (χ2n) is 4.06. The monoisotopic (exact) mass is 215 g/mol. The smallest absolute Gasteiger partial charge is 0.105 e. The molecule has 0 saturated carbocycles. The predicted octanol–water partition coefficient (Wildman–Crippen LogP) is 3.21. The van der Waals surface area contributed by atoms with Crippen LogP contribution >= 0.6 is 0 Å². The molecule has 0 aliphatic carbocycles. The number of furan rings is 1. The van der Waals surface area contributed by atoms with E-state index in [9.17, 15) is 0 Å². The molecule has 0 radical (unpaired) electrons. The number of aryl methyl sites for hydroxylation is 2. The van der Waals surface area contributed by atoms with E-state index >= 15 is 0 Å². The third-order valence-corrected chi connectivity index (χ3v) is 2.91. The molecular formula is C14H17NO. The quantitative estimate of drug-likeness (QED) is 0.850. The van der Waals surface area contributed by atoms with Crippen LogP contribution in [0.25, 0.3) is 0 Å². The summed E-state index contributed by atoms with van der Waals surface area (Å²) in [6.45, 7) is 4.09. The minimum Gasteiger partial charge on any atom is -0.469 e. The molecule has 0 spiro atoms. The molecule has 1 atom stereocenters. The van der Waals surface area contributed by atoms with E-state index in [1.165, 1.54) is 16.7 Å². The molecule has 84 valence electrons. The van der Waals surface area contributed by atoms with Crippen molar-refractivity contribution in [3.05, 3.63) is 59.0 Å². The van der Waals surface area contributed by atoms with E-state index in [0.717, 1.165) is 5.76 Å². The van der Waals surface area contributed by atoms with Gasteiger partial charge in [-0.05, 0) is 32.5 Å². The summed E-state index contributed by atoms with van der Waals surface area (Å²) >= 11 is 0. The normalized spacial score (nSPS) is 12.7. The Morgan fingerprint density at radius 1 is 1.06 bits per heavy atom. The molecule has 0 aliphatic heterocycles. The second kappa shape index (κ2) is 4.54. The summed E-state index contributed by atoms with van der Waals surface area (Å²) in [4.78, 5) is 0. The number of rotatable bonds is 3. The van der Waals surface area contributed by atoms with Gasteiger partial charge in [0.1, 0.15) is 5.76 Å². The highest BCUT2D eigenvalue weighted by atomic mass is 16.3. The largest absolute Gasteiger partial charge is 0.469 e. The van der Waals surface area contributed by atoms with E-state index in [4.69, 9.17) is 4.42 Å². The maximum absolute atomic E-state index is 5.35. The lowest BCUT2D eigenvalue weighted by Crippen LogP contribution is -2.17. The summed E-state index contributed by atoms with van der Waals surface area (Å²) in [6, 6.07) is 10.8. The predicted molar refractivity (Wildman–Crippen MR) is 65.5 cm³/mol. The first-order chi connectivity index (χ1) is 7.72.